The van der Waals surface area contributed by atoms with E-state index in [2.05, 4.69) is 19.2 Å². The van der Waals surface area contributed by atoms with Crippen molar-refractivity contribution >= 4 is 5.91 Å². The first-order valence-electron chi connectivity index (χ1n) is 32.4. The minimum absolute atomic E-state index is 0.232. The smallest absolute Gasteiger partial charge is 0.220 e. The van der Waals surface area contributed by atoms with E-state index in [0.29, 0.717) is 6.42 Å². The molecular weight excluding hydrogens is 979 g/mol. The van der Waals surface area contributed by atoms with Gasteiger partial charge in [-0.3, -0.25) is 4.79 Å². The van der Waals surface area contributed by atoms with Gasteiger partial charge in [0.05, 0.1) is 32.0 Å². The van der Waals surface area contributed by atoms with E-state index in [9.17, 15) is 45.6 Å². The van der Waals surface area contributed by atoms with Crippen molar-refractivity contribution in [3.63, 3.8) is 0 Å². The summed E-state index contributed by atoms with van der Waals surface area (Å²) in [5, 5.41) is 87.2. The number of rotatable bonds is 53. The number of nitrogens with one attached hydrogen (secondary N) is 1. The number of hydrogen-bond donors (Lipinski definition) is 9. The summed E-state index contributed by atoms with van der Waals surface area (Å²) in [4.78, 5) is 13.3. The number of aliphatic hydroxyl groups is 8. The number of aliphatic hydroxyl groups excluding tert-OH is 8. The lowest BCUT2D eigenvalue weighted by Gasteiger charge is -2.46. The molecule has 0 aliphatic carbocycles. The van der Waals surface area contributed by atoms with E-state index in [4.69, 9.17) is 18.9 Å². The van der Waals surface area contributed by atoms with Crippen LogP contribution >= 0.6 is 0 Å². The van der Waals surface area contributed by atoms with Crippen molar-refractivity contribution in [3.8, 4) is 0 Å². The van der Waals surface area contributed by atoms with Crippen LogP contribution in [0, 0.1) is 0 Å². The van der Waals surface area contributed by atoms with Crippen molar-refractivity contribution in [2.75, 3.05) is 19.8 Å². The number of amides is 1. The molecule has 2 saturated heterocycles. The summed E-state index contributed by atoms with van der Waals surface area (Å²) in [5.74, 6) is -0.232. The summed E-state index contributed by atoms with van der Waals surface area (Å²) < 4.78 is 22.8. The minimum atomic E-state index is -1.79. The first-order valence-corrected chi connectivity index (χ1v) is 32.4. The van der Waals surface area contributed by atoms with Gasteiger partial charge in [-0.1, -0.05) is 276 Å². The van der Waals surface area contributed by atoms with Gasteiger partial charge in [-0.15, -0.1) is 0 Å². The summed E-state index contributed by atoms with van der Waals surface area (Å²) in [5.41, 5.74) is 0. The van der Waals surface area contributed by atoms with Crippen LogP contribution in [-0.4, -0.2) is 140 Å². The molecule has 1 amide bonds. The van der Waals surface area contributed by atoms with E-state index in [1.165, 1.54) is 225 Å². The fraction of sp³-hybridized carbons (Fsp3) is 0.952. The maximum absolute atomic E-state index is 13.3. The highest BCUT2D eigenvalue weighted by molar-refractivity contribution is 5.76. The van der Waals surface area contributed by atoms with Gasteiger partial charge in [0.1, 0.15) is 48.8 Å². The summed E-state index contributed by atoms with van der Waals surface area (Å²) in [7, 11) is 0. The van der Waals surface area contributed by atoms with E-state index in [0.717, 1.165) is 38.5 Å². The number of carbonyl (C=O) groups is 1. The summed E-state index contributed by atoms with van der Waals surface area (Å²) >= 11 is 0. The highest BCUT2D eigenvalue weighted by Gasteiger charge is 2.51. The first kappa shape index (κ1) is 71.8. The van der Waals surface area contributed by atoms with Crippen LogP contribution in [-0.2, 0) is 23.7 Å². The Balaban J connectivity index is 1.72. The van der Waals surface area contributed by atoms with Gasteiger partial charge < -0.3 is 65.1 Å². The second-order valence-electron chi connectivity index (χ2n) is 23.3. The van der Waals surface area contributed by atoms with E-state index in [1.807, 2.05) is 6.08 Å². The van der Waals surface area contributed by atoms with Crippen LogP contribution < -0.4 is 5.32 Å². The molecule has 2 aliphatic heterocycles. The molecule has 456 valence electrons. The molecule has 2 aliphatic rings. The van der Waals surface area contributed by atoms with Crippen LogP contribution in [0.5, 0.6) is 0 Å². The molecule has 2 rings (SSSR count). The Morgan fingerprint density at radius 2 is 0.805 bits per heavy atom. The van der Waals surface area contributed by atoms with E-state index in [1.54, 1.807) is 6.08 Å². The average molecular weight is 1100 g/mol. The minimum Gasteiger partial charge on any atom is -0.394 e. The van der Waals surface area contributed by atoms with Crippen LogP contribution in [0.1, 0.15) is 290 Å². The molecule has 0 bridgehead atoms. The predicted octanol–water partition coefficient (Wildman–Crippen LogP) is 11.8. The lowest BCUT2D eigenvalue weighted by atomic mass is 9.97. The molecule has 14 nitrogen and oxygen atoms in total. The molecular formula is C63H121NO13. The molecule has 0 aromatic carbocycles. The Bertz CT molecular complexity index is 1340. The quantitative estimate of drug-likeness (QED) is 0.0204. The van der Waals surface area contributed by atoms with E-state index >= 15 is 0 Å². The third-order valence-corrected chi connectivity index (χ3v) is 16.2. The van der Waals surface area contributed by atoms with Crippen molar-refractivity contribution in [3.05, 3.63) is 12.2 Å². The number of allylic oxidation sites excluding steroid dienone is 1. The van der Waals surface area contributed by atoms with Crippen molar-refractivity contribution in [2.24, 2.45) is 0 Å². The molecule has 0 saturated carbocycles. The number of ether oxygens (including phenoxy) is 4. The molecule has 12 atom stereocenters. The monoisotopic (exact) mass is 1100 g/mol. The zero-order valence-electron chi connectivity index (χ0n) is 49.2. The van der Waals surface area contributed by atoms with E-state index < -0.39 is 86.8 Å². The van der Waals surface area contributed by atoms with Crippen LogP contribution in [0.2, 0.25) is 0 Å². The highest BCUT2D eigenvalue weighted by atomic mass is 16.7. The van der Waals surface area contributed by atoms with Crippen LogP contribution in [0.3, 0.4) is 0 Å². The normalized spacial score (nSPS) is 24.7. The lowest BCUT2D eigenvalue weighted by Crippen LogP contribution is -2.65. The standard InChI is InChI=1S/C63H121NO13/c1-3-5-7-9-11-13-15-17-19-21-23-24-25-26-27-29-31-33-35-37-39-41-43-45-47-55(68)64-51(52(67)46-44-42-40-38-36-34-32-30-28-22-20-18-16-14-12-10-8-6-4-2)50-74-62-60(73)58(71)61(54(49-66)76-62)77-63-59(72)57(70)56(69)53(48-65)75-63/h44,46,51-54,56-63,65-67,69-73H,3-43,45,47-50H2,1-2H3,(H,64,68)/b46-44+. The van der Waals surface area contributed by atoms with Gasteiger partial charge >= 0.3 is 0 Å². The fourth-order valence-electron chi connectivity index (χ4n) is 11.0. The largest absolute Gasteiger partial charge is 0.394 e. The zero-order chi connectivity index (χ0) is 56.0. The third kappa shape index (κ3) is 34.7. The van der Waals surface area contributed by atoms with Crippen LogP contribution in [0.15, 0.2) is 12.2 Å². The number of hydrogen-bond acceptors (Lipinski definition) is 13. The third-order valence-electron chi connectivity index (χ3n) is 16.2. The van der Waals surface area contributed by atoms with Crippen molar-refractivity contribution in [2.45, 2.75) is 364 Å². The van der Waals surface area contributed by atoms with Gasteiger partial charge in [0.2, 0.25) is 5.91 Å². The molecule has 14 heteroatoms. The van der Waals surface area contributed by atoms with Crippen molar-refractivity contribution in [1.29, 1.82) is 0 Å². The van der Waals surface area contributed by atoms with Gasteiger partial charge in [-0.2, -0.15) is 0 Å². The zero-order valence-corrected chi connectivity index (χ0v) is 49.2. The highest BCUT2D eigenvalue weighted by Crippen LogP contribution is 2.30. The summed E-state index contributed by atoms with van der Waals surface area (Å²) in [6, 6.07) is -0.910. The Labute approximate surface area is 469 Å². The number of unbranched alkanes of at least 4 members (excludes halogenated alkanes) is 40. The molecule has 2 fully saturated rings. The summed E-state index contributed by atoms with van der Waals surface area (Å²) in [6.45, 7) is 2.85. The molecule has 2 heterocycles. The Morgan fingerprint density at radius 3 is 1.19 bits per heavy atom. The second-order valence-corrected chi connectivity index (χ2v) is 23.3. The average Bonchev–Trinajstić information content (AvgIpc) is 3.44. The maximum Gasteiger partial charge on any atom is 0.220 e. The molecule has 0 radical (unpaired) electrons. The SMILES string of the molecule is CCCCCCCCCCCCCCCCCCC/C=C/C(O)C(COC1OC(CO)C(OC2OC(CO)C(O)C(O)C2O)C(O)C1O)NC(=O)CCCCCCCCCCCCCCCCCCCCCCCCCC. The van der Waals surface area contributed by atoms with Crippen LogP contribution in [0.4, 0.5) is 0 Å². The fourth-order valence-corrected chi connectivity index (χ4v) is 11.0. The van der Waals surface area contributed by atoms with E-state index in [-0.39, 0.29) is 18.9 Å². The Hall–Kier alpha value is -1.27. The van der Waals surface area contributed by atoms with Gasteiger partial charge in [0.15, 0.2) is 12.6 Å². The van der Waals surface area contributed by atoms with Gasteiger partial charge in [-0.25, -0.2) is 0 Å². The Kier molecular flexibility index (Phi) is 46.0. The van der Waals surface area contributed by atoms with Gasteiger partial charge in [0.25, 0.3) is 0 Å². The summed E-state index contributed by atoms with van der Waals surface area (Å²) in [6.07, 6.45) is 41.1. The number of carbonyl (C=O) groups excluding carboxylic acids is 1. The van der Waals surface area contributed by atoms with Crippen molar-refractivity contribution in [1.82, 2.24) is 5.32 Å². The second kappa shape index (κ2) is 49.3. The molecule has 0 spiro atoms. The van der Waals surface area contributed by atoms with Gasteiger partial charge in [0, 0.05) is 6.42 Å². The molecule has 12 unspecified atom stereocenters. The molecule has 9 N–H and O–H groups in total. The predicted molar refractivity (Wildman–Crippen MR) is 309 cm³/mol. The molecule has 0 aromatic rings. The van der Waals surface area contributed by atoms with Crippen molar-refractivity contribution < 1.29 is 64.6 Å². The first-order chi connectivity index (χ1) is 37.6. The van der Waals surface area contributed by atoms with Gasteiger partial charge in [-0.05, 0) is 19.3 Å². The van der Waals surface area contributed by atoms with Crippen LogP contribution in [0.25, 0.3) is 0 Å². The topological polar surface area (TPSA) is 228 Å². The molecule has 77 heavy (non-hydrogen) atoms. The maximum atomic E-state index is 13.3. The lowest BCUT2D eigenvalue weighted by molar-refractivity contribution is -0.359. The Morgan fingerprint density at radius 1 is 0.455 bits per heavy atom. The molecule has 0 aromatic heterocycles.